The van der Waals surface area contributed by atoms with E-state index < -0.39 is 11.3 Å². The molecule has 1 saturated heterocycles. The first-order valence-electron chi connectivity index (χ1n) is 3.53. The van der Waals surface area contributed by atoms with E-state index in [2.05, 4.69) is 12.6 Å². The van der Waals surface area contributed by atoms with Crippen molar-refractivity contribution in [1.82, 2.24) is 9.80 Å². The van der Waals surface area contributed by atoms with Crippen molar-refractivity contribution in [3.63, 3.8) is 0 Å². The van der Waals surface area contributed by atoms with Crippen molar-refractivity contribution >= 4 is 24.0 Å². The Balaban J connectivity index is 0. The number of piperazine rings is 1. The molecule has 0 atom stereocenters. The Morgan fingerprint density at radius 2 is 1.36 bits per heavy atom. The average molecular weight is 234 g/mol. The van der Waals surface area contributed by atoms with Gasteiger partial charge in [-0.05, 0) is 0 Å². The molecule has 0 aromatic heterocycles. The molecule has 68 valence electrons. The molecule has 0 saturated carbocycles. The molecule has 0 bridgehead atoms. The molecule has 2 amide bonds. The number of carboxylic acid groups (broad SMARTS) is 1. The first-order chi connectivity index (χ1) is 5.61. The van der Waals surface area contributed by atoms with Crippen LogP contribution in [0.25, 0.3) is 0 Å². The quantitative estimate of drug-likeness (QED) is 0.308. The Labute approximate surface area is 132 Å². The zero-order chi connectivity index (χ0) is 9.14. The van der Waals surface area contributed by atoms with Crippen LogP contribution in [0.5, 0.6) is 0 Å². The predicted octanol–water partition coefficient (Wildman–Crippen LogP) is -7.38. The summed E-state index contributed by atoms with van der Waals surface area (Å²) in [5, 5.41) is 9.89. The zero-order valence-electron chi connectivity index (χ0n) is 8.36. The second-order valence-electron chi connectivity index (χ2n) is 2.51. The van der Waals surface area contributed by atoms with E-state index in [1.165, 1.54) is 4.90 Å². The number of hydrogen-bond donors (Lipinski definition) is 0. The molecule has 0 aromatic rings. The SMILES string of the molecule is O=C([O-])N1CCN(C(=O)[S-])CC1.[Na+].[Na+]. The molecule has 8 heteroatoms. The van der Waals surface area contributed by atoms with Crippen molar-refractivity contribution in [1.29, 1.82) is 0 Å². The van der Waals surface area contributed by atoms with Gasteiger partial charge in [-0.2, -0.15) is 0 Å². The van der Waals surface area contributed by atoms with E-state index in [0.29, 0.717) is 26.2 Å². The largest absolute Gasteiger partial charge is 1.00 e. The van der Waals surface area contributed by atoms with Gasteiger partial charge in [0.1, 0.15) is 11.3 Å². The minimum atomic E-state index is -1.19. The Bertz CT molecular complexity index is 187. The van der Waals surface area contributed by atoms with Crippen molar-refractivity contribution in [2.24, 2.45) is 0 Å². The molecule has 14 heavy (non-hydrogen) atoms. The van der Waals surface area contributed by atoms with Gasteiger partial charge in [0, 0.05) is 26.2 Å². The summed E-state index contributed by atoms with van der Waals surface area (Å²) >= 11 is 4.41. The second kappa shape index (κ2) is 8.15. The number of hydrogen-bond acceptors (Lipinski definition) is 4. The van der Waals surface area contributed by atoms with Crippen LogP contribution < -0.4 is 64.2 Å². The molecule has 0 aromatic carbocycles. The molecule has 0 radical (unpaired) electrons. The maximum Gasteiger partial charge on any atom is 1.00 e. The third kappa shape index (κ3) is 5.16. The van der Waals surface area contributed by atoms with Crippen LogP contribution >= 0.6 is 0 Å². The summed E-state index contributed by atoms with van der Waals surface area (Å²) in [5.74, 6) is 0. The number of nitrogens with zero attached hydrogens (tertiary/aromatic N) is 2. The molecule has 1 aliphatic rings. The van der Waals surface area contributed by atoms with Crippen molar-refractivity contribution in [2.45, 2.75) is 0 Å². The van der Waals surface area contributed by atoms with Gasteiger partial charge in [0.25, 0.3) is 0 Å². The predicted molar refractivity (Wildman–Crippen MR) is 41.3 cm³/mol. The van der Waals surface area contributed by atoms with Crippen LogP contribution in [0.1, 0.15) is 0 Å². The van der Waals surface area contributed by atoms with Gasteiger partial charge in [0.2, 0.25) is 0 Å². The summed E-state index contributed by atoms with van der Waals surface area (Å²) < 4.78 is 0. The fourth-order valence-corrected chi connectivity index (χ4v) is 1.25. The molecule has 0 N–H and O–H groups in total. The maximum atomic E-state index is 10.6. The summed E-state index contributed by atoms with van der Waals surface area (Å²) in [6.07, 6.45) is -1.19. The van der Waals surface area contributed by atoms with E-state index in [1.54, 1.807) is 0 Å². The summed E-state index contributed by atoms with van der Waals surface area (Å²) in [4.78, 5) is 23.6. The van der Waals surface area contributed by atoms with Crippen LogP contribution in [-0.4, -0.2) is 47.3 Å². The zero-order valence-corrected chi connectivity index (χ0v) is 13.2. The summed E-state index contributed by atoms with van der Waals surface area (Å²) in [5.41, 5.74) is 0. The molecule has 1 fully saturated rings. The van der Waals surface area contributed by atoms with Crippen molar-refractivity contribution in [2.75, 3.05) is 26.2 Å². The molecule has 0 aliphatic carbocycles. The Morgan fingerprint density at radius 3 is 1.64 bits per heavy atom. The van der Waals surface area contributed by atoms with E-state index >= 15 is 0 Å². The molecule has 1 rings (SSSR count). The number of carbonyl (C=O) groups is 2. The van der Waals surface area contributed by atoms with Crippen LogP contribution in [0.4, 0.5) is 9.59 Å². The Morgan fingerprint density at radius 1 is 1.00 bits per heavy atom. The normalized spacial score (nSPS) is 15.1. The first kappa shape index (κ1) is 17.4. The molecule has 0 spiro atoms. The maximum absolute atomic E-state index is 10.6. The fraction of sp³-hybridized carbons (Fsp3) is 0.667. The molecule has 1 aliphatic heterocycles. The van der Waals surface area contributed by atoms with E-state index in [-0.39, 0.29) is 59.1 Å². The van der Waals surface area contributed by atoms with Crippen LogP contribution in [-0.2, 0) is 12.6 Å². The van der Waals surface area contributed by atoms with Gasteiger partial charge in [-0.3, -0.25) is 0 Å². The fourth-order valence-electron chi connectivity index (χ4n) is 1.07. The van der Waals surface area contributed by atoms with Gasteiger partial charge in [-0.15, -0.1) is 0 Å². The van der Waals surface area contributed by atoms with Crippen molar-refractivity contribution < 1.29 is 73.8 Å². The monoisotopic (exact) mass is 234 g/mol. The van der Waals surface area contributed by atoms with Gasteiger partial charge < -0.3 is 37.1 Å². The molecule has 1 heterocycles. The van der Waals surface area contributed by atoms with Gasteiger partial charge in [0.15, 0.2) is 0 Å². The van der Waals surface area contributed by atoms with E-state index in [1.807, 2.05) is 0 Å². The summed E-state index contributed by atoms with van der Waals surface area (Å²) in [6, 6.07) is 0. The smallest absolute Gasteiger partial charge is 0.719 e. The van der Waals surface area contributed by atoms with E-state index in [9.17, 15) is 14.7 Å². The second-order valence-corrected chi connectivity index (χ2v) is 2.86. The van der Waals surface area contributed by atoms with Crippen LogP contribution in [0.2, 0.25) is 0 Å². The van der Waals surface area contributed by atoms with Crippen LogP contribution in [0, 0.1) is 0 Å². The minimum Gasteiger partial charge on any atom is -0.719 e. The molecule has 5 nitrogen and oxygen atoms in total. The van der Waals surface area contributed by atoms with E-state index in [0.717, 1.165) is 4.90 Å². The van der Waals surface area contributed by atoms with Crippen molar-refractivity contribution in [3.8, 4) is 0 Å². The third-order valence-electron chi connectivity index (χ3n) is 1.80. The van der Waals surface area contributed by atoms with Crippen LogP contribution in [0.3, 0.4) is 0 Å². The number of carbonyl (C=O) groups excluding carboxylic acids is 2. The third-order valence-corrected chi connectivity index (χ3v) is 2.05. The summed E-state index contributed by atoms with van der Waals surface area (Å²) in [7, 11) is 0. The van der Waals surface area contributed by atoms with Gasteiger partial charge >= 0.3 is 59.1 Å². The topological polar surface area (TPSA) is 63.7 Å². The van der Waals surface area contributed by atoms with Gasteiger partial charge in [-0.1, -0.05) is 0 Å². The Hall–Kier alpha value is 0.960. The van der Waals surface area contributed by atoms with Crippen molar-refractivity contribution in [3.05, 3.63) is 0 Å². The number of amides is 2. The molecule has 0 unspecified atom stereocenters. The summed E-state index contributed by atoms with van der Waals surface area (Å²) in [6.45, 7) is 1.34. The average Bonchev–Trinajstić information content (AvgIpc) is 2.04. The number of rotatable bonds is 0. The van der Waals surface area contributed by atoms with Gasteiger partial charge in [-0.25, -0.2) is 0 Å². The minimum absolute atomic E-state index is 0. The van der Waals surface area contributed by atoms with Crippen LogP contribution in [0.15, 0.2) is 0 Å². The van der Waals surface area contributed by atoms with E-state index in [4.69, 9.17) is 0 Å². The molecular formula is C6H8N2Na2O3S. The molecular weight excluding hydrogens is 226 g/mol. The first-order valence-corrected chi connectivity index (χ1v) is 3.94. The Kier molecular flexibility index (Phi) is 10.1. The van der Waals surface area contributed by atoms with Gasteiger partial charge in [0.05, 0.1) is 0 Å². The standard InChI is InChI=1S/C6H10N2O3S.2Na/c9-5(10)7-1-3-8(4-2-7)6(11)12;;/h1-4H2,(H,9,10)(H,11,12);;/q;2*+1/p-2.